The first-order valence-corrected chi connectivity index (χ1v) is 13.7. The maximum Gasteiger partial charge on any atom is 0.451 e. The van der Waals surface area contributed by atoms with E-state index >= 15 is 0 Å². The lowest BCUT2D eigenvalue weighted by molar-refractivity contribution is -0.145. The van der Waals surface area contributed by atoms with Gasteiger partial charge in [-0.05, 0) is 32.0 Å². The van der Waals surface area contributed by atoms with E-state index in [2.05, 4.69) is 25.1 Å². The van der Waals surface area contributed by atoms with Gasteiger partial charge >= 0.3 is 12.8 Å². The molecule has 0 unspecified atom stereocenters. The summed E-state index contributed by atoms with van der Waals surface area (Å²) < 4.78 is 70.4. The number of likely N-dealkylation sites (N-methyl/N-ethyl adjacent to an activating group) is 1. The summed E-state index contributed by atoms with van der Waals surface area (Å²) in [5, 5.41) is 7.01. The van der Waals surface area contributed by atoms with E-state index in [1.54, 1.807) is 13.8 Å². The molecule has 2 aliphatic rings. The largest absolute Gasteiger partial charge is 0.451 e. The Morgan fingerprint density at radius 3 is 2.48 bits per heavy atom. The van der Waals surface area contributed by atoms with Gasteiger partial charge in [-0.2, -0.15) is 27.1 Å². The van der Waals surface area contributed by atoms with Crippen molar-refractivity contribution >= 4 is 29.3 Å². The highest BCUT2D eigenvalue weighted by Gasteiger charge is 2.44. The van der Waals surface area contributed by atoms with Crippen molar-refractivity contribution in [2.75, 3.05) is 13.6 Å². The molecule has 17 heteroatoms. The first-order valence-electron chi connectivity index (χ1n) is 13.3. The van der Waals surface area contributed by atoms with E-state index in [0.717, 1.165) is 18.5 Å². The molecule has 11 nitrogen and oxygen atoms in total. The lowest BCUT2D eigenvalue weighted by Crippen LogP contribution is -2.49. The molecule has 234 valence electrons. The number of aromatic nitrogens is 4. The number of hydrogen-bond donors (Lipinski definition) is 1. The Hall–Kier alpha value is -4.34. The maximum absolute atomic E-state index is 14.0. The van der Waals surface area contributed by atoms with Gasteiger partial charge in [0, 0.05) is 48.6 Å². The number of hydrogen-bond acceptors (Lipinski definition) is 7. The highest BCUT2D eigenvalue weighted by Crippen LogP contribution is 2.36. The molecule has 1 aromatic carbocycles. The van der Waals surface area contributed by atoms with Gasteiger partial charge in [-0.3, -0.25) is 14.4 Å². The van der Waals surface area contributed by atoms with Gasteiger partial charge in [0.1, 0.15) is 17.5 Å². The Bertz CT molecular complexity index is 1620. The molecule has 0 saturated heterocycles. The van der Waals surface area contributed by atoms with Crippen molar-refractivity contribution in [2.24, 2.45) is 0 Å². The second kappa shape index (κ2) is 11.6. The van der Waals surface area contributed by atoms with Crippen molar-refractivity contribution in [1.29, 1.82) is 0 Å². The molecule has 0 aliphatic carbocycles. The van der Waals surface area contributed by atoms with Gasteiger partial charge in [0.05, 0.1) is 29.8 Å². The predicted octanol–water partition coefficient (Wildman–Crippen LogP) is 4.04. The number of halogens is 6. The first kappa shape index (κ1) is 31.1. The fraction of sp³-hybridized carbons (Fsp3) is 0.407. The standard InChI is InChI=1S/C27H25ClF5N7O4/c1-12-6-18-16(10-38(12)23(42)14-4-5-17(28)20(7-14)44-26(29)30)21-24(43)39(11-19(22(41)34-3)40(21)37-18)13(2)15-8-35-25(36-9-15)27(31,32)33/h4-5,7-9,12-13,19,26H,6,10-11H2,1-3H3,(H,34,41)/t12-,13+,19+/m1/s1. The number of nitrogens with one attached hydrogen (secondary N) is 1. The lowest BCUT2D eigenvalue weighted by Gasteiger charge is -2.37. The quantitative estimate of drug-likeness (QED) is 0.403. The van der Waals surface area contributed by atoms with Crippen LogP contribution in [0.4, 0.5) is 22.0 Å². The Balaban J connectivity index is 1.50. The first-order chi connectivity index (χ1) is 20.7. The predicted molar refractivity (Wildman–Crippen MR) is 143 cm³/mol. The summed E-state index contributed by atoms with van der Waals surface area (Å²) in [4.78, 5) is 50.0. The van der Waals surface area contributed by atoms with E-state index in [1.165, 1.54) is 33.7 Å². The second-order valence-electron chi connectivity index (χ2n) is 10.3. The molecule has 0 bridgehead atoms. The summed E-state index contributed by atoms with van der Waals surface area (Å²) in [6.07, 6.45) is -2.58. The second-order valence-corrected chi connectivity index (χ2v) is 10.7. The zero-order valence-corrected chi connectivity index (χ0v) is 24.2. The van der Waals surface area contributed by atoms with Crippen molar-refractivity contribution in [2.45, 2.75) is 57.7 Å². The van der Waals surface area contributed by atoms with Gasteiger partial charge in [0.25, 0.3) is 11.8 Å². The summed E-state index contributed by atoms with van der Waals surface area (Å²) in [5.41, 5.74) is 1.15. The summed E-state index contributed by atoms with van der Waals surface area (Å²) in [7, 11) is 1.42. The van der Waals surface area contributed by atoms with Crippen LogP contribution in [-0.2, 0) is 23.9 Å². The van der Waals surface area contributed by atoms with Crippen molar-refractivity contribution in [3.63, 3.8) is 0 Å². The lowest BCUT2D eigenvalue weighted by atomic mass is 9.96. The molecule has 0 saturated carbocycles. The molecule has 3 atom stereocenters. The van der Waals surface area contributed by atoms with E-state index in [4.69, 9.17) is 11.6 Å². The minimum atomic E-state index is -4.75. The van der Waals surface area contributed by atoms with Crippen LogP contribution in [0.15, 0.2) is 30.6 Å². The highest BCUT2D eigenvalue weighted by atomic mass is 35.5. The Kier molecular flexibility index (Phi) is 8.22. The van der Waals surface area contributed by atoms with Gasteiger partial charge in [-0.1, -0.05) is 11.6 Å². The fourth-order valence-corrected chi connectivity index (χ4v) is 5.49. The molecule has 2 aromatic heterocycles. The average molecular weight is 642 g/mol. The molecular formula is C27H25ClF5N7O4. The summed E-state index contributed by atoms with van der Waals surface area (Å²) >= 11 is 5.94. The number of alkyl halides is 5. The molecule has 0 fully saturated rings. The molecule has 0 spiro atoms. The van der Waals surface area contributed by atoms with Gasteiger partial charge in [0.2, 0.25) is 11.7 Å². The van der Waals surface area contributed by atoms with Crippen molar-refractivity contribution in [1.82, 2.24) is 34.9 Å². The highest BCUT2D eigenvalue weighted by molar-refractivity contribution is 6.32. The van der Waals surface area contributed by atoms with Crippen LogP contribution in [0.2, 0.25) is 5.02 Å². The third-order valence-electron chi connectivity index (χ3n) is 7.65. The number of fused-ring (bicyclic) bond motifs is 3. The van der Waals surface area contributed by atoms with E-state index in [-0.39, 0.29) is 47.1 Å². The molecule has 0 radical (unpaired) electrons. The van der Waals surface area contributed by atoms with Gasteiger partial charge in [-0.15, -0.1) is 0 Å². The van der Waals surface area contributed by atoms with Crippen LogP contribution in [0.3, 0.4) is 0 Å². The minimum Gasteiger partial charge on any atom is -0.433 e. The third-order valence-corrected chi connectivity index (χ3v) is 7.96. The maximum atomic E-state index is 14.0. The Labute approximate surface area is 251 Å². The van der Waals surface area contributed by atoms with Crippen molar-refractivity contribution < 1.29 is 41.1 Å². The molecule has 3 aromatic rings. The number of benzene rings is 1. The number of amides is 3. The third kappa shape index (κ3) is 5.65. The van der Waals surface area contributed by atoms with Gasteiger partial charge < -0.3 is 19.9 Å². The number of ether oxygens (including phenoxy) is 1. The average Bonchev–Trinajstić information content (AvgIpc) is 3.35. The summed E-state index contributed by atoms with van der Waals surface area (Å²) in [6.45, 7) is -0.0870. The number of rotatable bonds is 6. The van der Waals surface area contributed by atoms with E-state index < -0.39 is 54.5 Å². The number of carbonyl (C=O) groups excluding carboxylic acids is 3. The molecule has 2 aliphatic heterocycles. The molecule has 44 heavy (non-hydrogen) atoms. The summed E-state index contributed by atoms with van der Waals surface area (Å²) in [6, 6.07) is 1.47. The van der Waals surface area contributed by atoms with Crippen molar-refractivity contribution in [3.05, 3.63) is 69.5 Å². The normalized spacial score (nSPS) is 19.0. The molecule has 1 N–H and O–H groups in total. The van der Waals surface area contributed by atoms with E-state index in [9.17, 15) is 36.3 Å². The van der Waals surface area contributed by atoms with Crippen LogP contribution in [0.1, 0.15) is 69.4 Å². The van der Waals surface area contributed by atoms with Crippen molar-refractivity contribution in [3.8, 4) is 5.75 Å². The Morgan fingerprint density at radius 1 is 1.18 bits per heavy atom. The van der Waals surface area contributed by atoms with E-state index in [1.807, 2.05) is 0 Å². The SMILES string of the molecule is CNC(=O)[C@@H]1CN([C@@H](C)c2cnc(C(F)(F)F)nc2)C(=O)c2c3c(nn21)C[C@@H](C)N(C(=O)c1ccc(Cl)c(OC(F)F)c1)C3. The van der Waals surface area contributed by atoms with Gasteiger partial charge in [-0.25, -0.2) is 14.6 Å². The smallest absolute Gasteiger partial charge is 0.433 e. The molecule has 3 amide bonds. The summed E-state index contributed by atoms with van der Waals surface area (Å²) in [5.74, 6) is -3.28. The van der Waals surface area contributed by atoms with Gasteiger partial charge in [0.15, 0.2) is 0 Å². The zero-order valence-electron chi connectivity index (χ0n) is 23.4. The molecule has 4 heterocycles. The zero-order chi connectivity index (χ0) is 32.1. The molecule has 5 rings (SSSR count). The number of nitrogens with zero attached hydrogens (tertiary/aromatic N) is 6. The van der Waals surface area contributed by atoms with E-state index in [0.29, 0.717) is 11.3 Å². The number of carbonyl (C=O) groups is 3. The van der Waals surface area contributed by atoms with Crippen LogP contribution >= 0.6 is 11.6 Å². The minimum absolute atomic E-state index is 0.0218. The topological polar surface area (TPSA) is 123 Å². The van der Waals surface area contributed by atoms with Crippen LogP contribution in [0.25, 0.3) is 0 Å². The van der Waals surface area contributed by atoms with Crippen LogP contribution in [0, 0.1) is 0 Å². The fourth-order valence-electron chi connectivity index (χ4n) is 5.33. The van der Waals surface area contributed by atoms with Crippen LogP contribution in [-0.4, -0.2) is 73.5 Å². The monoisotopic (exact) mass is 641 g/mol. The van der Waals surface area contributed by atoms with Crippen LogP contribution < -0.4 is 10.1 Å². The molecular weight excluding hydrogens is 617 g/mol. The van der Waals surface area contributed by atoms with Crippen LogP contribution in [0.5, 0.6) is 5.75 Å². The Morgan fingerprint density at radius 2 is 1.86 bits per heavy atom.